The third kappa shape index (κ3) is 9.63. The normalized spacial score (nSPS) is 13.6. The molecule has 0 spiro atoms. The minimum Gasteiger partial charge on any atom is -0.497 e. The van der Waals surface area contributed by atoms with E-state index < -0.39 is 0 Å². The van der Waals surface area contributed by atoms with Gasteiger partial charge in [0, 0.05) is 42.6 Å². The number of pyridine rings is 1. The fourth-order valence-corrected chi connectivity index (χ4v) is 4.17. The first kappa shape index (κ1) is 29.3. The molecule has 0 saturated carbocycles. The van der Waals surface area contributed by atoms with E-state index in [1.54, 1.807) is 32.2 Å². The van der Waals surface area contributed by atoms with Gasteiger partial charge in [0.05, 0.1) is 19.8 Å². The highest BCUT2D eigenvalue weighted by atomic mass is 32.2. The van der Waals surface area contributed by atoms with Crippen LogP contribution in [0.4, 0.5) is 5.82 Å². The summed E-state index contributed by atoms with van der Waals surface area (Å²) in [6, 6.07) is 9.82. The standard InChI is InChI=1S/C29H40N2O4S/c1-9-10-28(31-29-12-11-24(17-30-29)23(5)33-7)25-14-26(34-21(3)13-20(2)19-36-8)16-27(15-25)35-22(4)18-32-6/h10-12,14-17,19,21-22H,5,9,13,18H2,1-4,6-8H3,(H,30,31)/b20-19+,28-10+. The second-order valence-electron chi connectivity index (χ2n) is 8.62. The minimum absolute atomic E-state index is 0.0163. The molecule has 6 nitrogen and oxygen atoms in total. The molecule has 36 heavy (non-hydrogen) atoms. The number of hydrogen-bond donors (Lipinski definition) is 1. The highest BCUT2D eigenvalue weighted by Gasteiger charge is 2.13. The van der Waals surface area contributed by atoms with Crippen LogP contribution < -0.4 is 14.8 Å². The predicted octanol–water partition coefficient (Wildman–Crippen LogP) is 7.40. The lowest BCUT2D eigenvalue weighted by atomic mass is 10.1. The molecule has 0 radical (unpaired) electrons. The van der Waals surface area contributed by atoms with E-state index in [9.17, 15) is 0 Å². The van der Waals surface area contributed by atoms with Gasteiger partial charge in [-0.1, -0.05) is 25.2 Å². The van der Waals surface area contributed by atoms with Gasteiger partial charge in [0.2, 0.25) is 0 Å². The Balaban J connectivity index is 2.36. The maximum atomic E-state index is 6.33. The number of benzene rings is 1. The van der Waals surface area contributed by atoms with Gasteiger partial charge in [-0.25, -0.2) is 4.98 Å². The van der Waals surface area contributed by atoms with E-state index in [0.717, 1.165) is 47.0 Å². The molecule has 1 aromatic carbocycles. The second-order valence-corrected chi connectivity index (χ2v) is 9.33. The number of nitrogens with zero attached hydrogens (tertiary/aromatic N) is 1. The third-order valence-electron chi connectivity index (χ3n) is 5.20. The maximum Gasteiger partial charge on any atom is 0.130 e. The van der Waals surface area contributed by atoms with Crippen LogP contribution in [0.1, 0.15) is 51.7 Å². The summed E-state index contributed by atoms with van der Waals surface area (Å²) in [5.74, 6) is 2.77. The van der Waals surface area contributed by atoms with Crippen LogP contribution in [0.3, 0.4) is 0 Å². The van der Waals surface area contributed by atoms with Crippen LogP contribution in [0, 0.1) is 0 Å². The number of anilines is 1. The summed E-state index contributed by atoms with van der Waals surface area (Å²) >= 11 is 1.71. The van der Waals surface area contributed by atoms with Gasteiger partial charge in [-0.3, -0.25) is 0 Å². The van der Waals surface area contributed by atoms with Crippen molar-refractivity contribution >= 4 is 29.0 Å². The number of rotatable bonds is 15. The van der Waals surface area contributed by atoms with Crippen LogP contribution in [-0.4, -0.2) is 44.3 Å². The van der Waals surface area contributed by atoms with E-state index in [0.29, 0.717) is 12.4 Å². The Bertz CT molecular complexity index is 1030. The van der Waals surface area contributed by atoms with E-state index in [4.69, 9.17) is 18.9 Å². The van der Waals surface area contributed by atoms with Crippen molar-refractivity contribution < 1.29 is 18.9 Å². The summed E-state index contributed by atoms with van der Waals surface area (Å²) in [6.45, 7) is 12.7. The van der Waals surface area contributed by atoms with Crippen LogP contribution in [0.2, 0.25) is 0 Å². The van der Waals surface area contributed by atoms with Gasteiger partial charge in [-0.05, 0) is 63.1 Å². The van der Waals surface area contributed by atoms with Gasteiger partial charge in [0.1, 0.15) is 29.2 Å². The van der Waals surface area contributed by atoms with Crippen LogP contribution >= 0.6 is 11.8 Å². The molecule has 0 aliphatic rings. The number of allylic oxidation sites excluding steroid dienone is 1. The quantitative estimate of drug-likeness (QED) is 0.249. The molecule has 1 N–H and O–H groups in total. The summed E-state index contributed by atoms with van der Waals surface area (Å²) in [5, 5.41) is 5.60. The van der Waals surface area contributed by atoms with Crippen LogP contribution in [-0.2, 0) is 9.47 Å². The van der Waals surface area contributed by atoms with E-state index in [1.165, 1.54) is 5.57 Å². The summed E-state index contributed by atoms with van der Waals surface area (Å²) in [4.78, 5) is 4.53. The van der Waals surface area contributed by atoms with Crippen molar-refractivity contribution in [2.45, 2.75) is 52.7 Å². The molecule has 7 heteroatoms. The van der Waals surface area contributed by atoms with Gasteiger partial charge < -0.3 is 24.3 Å². The molecular weight excluding hydrogens is 472 g/mol. The van der Waals surface area contributed by atoms with Gasteiger partial charge in [-0.15, -0.1) is 11.8 Å². The van der Waals surface area contributed by atoms with Gasteiger partial charge >= 0.3 is 0 Å². The van der Waals surface area contributed by atoms with Gasteiger partial charge in [0.15, 0.2) is 0 Å². The Labute approximate surface area is 220 Å². The Morgan fingerprint density at radius 2 is 1.78 bits per heavy atom. The molecule has 2 rings (SSSR count). The predicted molar refractivity (Wildman–Crippen MR) is 153 cm³/mol. The molecule has 0 aliphatic carbocycles. The van der Waals surface area contributed by atoms with Crippen LogP contribution in [0.5, 0.6) is 11.5 Å². The largest absolute Gasteiger partial charge is 0.497 e. The lowest BCUT2D eigenvalue weighted by Crippen LogP contribution is -2.18. The number of nitrogens with one attached hydrogen (secondary N) is 1. The Hall–Kier alpha value is -2.90. The fourth-order valence-electron chi connectivity index (χ4n) is 3.67. The number of ether oxygens (including phenoxy) is 4. The summed E-state index contributed by atoms with van der Waals surface area (Å²) in [5.41, 5.74) is 3.99. The molecule has 0 amide bonds. The van der Waals surface area contributed by atoms with Crippen molar-refractivity contribution in [1.29, 1.82) is 0 Å². The summed E-state index contributed by atoms with van der Waals surface area (Å²) in [6.07, 6.45) is 7.54. The molecule has 2 unspecified atom stereocenters. The third-order valence-corrected chi connectivity index (χ3v) is 5.84. The molecule has 1 heterocycles. The highest BCUT2D eigenvalue weighted by Crippen LogP contribution is 2.30. The number of aromatic nitrogens is 1. The molecule has 0 aliphatic heterocycles. The average Bonchev–Trinajstić information content (AvgIpc) is 2.83. The fraction of sp³-hybridized carbons (Fsp3) is 0.414. The second kappa shape index (κ2) is 15.3. The minimum atomic E-state index is -0.100. The Kier molecular flexibility index (Phi) is 12.4. The van der Waals surface area contributed by atoms with E-state index in [-0.39, 0.29) is 12.2 Å². The molecule has 2 aromatic rings. The number of hydrogen-bond acceptors (Lipinski definition) is 7. The van der Waals surface area contributed by atoms with Crippen molar-refractivity contribution in [2.75, 3.05) is 32.4 Å². The zero-order valence-electron chi connectivity index (χ0n) is 22.6. The van der Waals surface area contributed by atoms with E-state index >= 15 is 0 Å². The zero-order valence-corrected chi connectivity index (χ0v) is 23.4. The zero-order chi connectivity index (χ0) is 26.5. The van der Waals surface area contributed by atoms with Gasteiger partial charge in [0.25, 0.3) is 0 Å². The SMILES string of the molecule is C=C(OC)c1ccc(N/C(=C/CC)c2cc(OC(C)COC)cc(OC(C)C/C(C)=C/SC)c2)nc1. The first-order valence-electron chi connectivity index (χ1n) is 12.1. The van der Waals surface area contributed by atoms with Crippen molar-refractivity contribution in [3.63, 3.8) is 0 Å². The monoisotopic (exact) mass is 512 g/mol. The van der Waals surface area contributed by atoms with Crippen LogP contribution in [0.25, 0.3) is 11.5 Å². The van der Waals surface area contributed by atoms with Crippen molar-refractivity contribution in [1.82, 2.24) is 4.98 Å². The van der Waals surface area contributed by atoms with Crippen molar-refractivity contribution in [2.24, 2.45) is 0 Å². The molecule has 0 fully saturated rings. The average molecular weight is 513 g/mol. The highest BCUT2D eigenvalue weighted by molar-refractivity contribution is 8.01. The van der Waals surface area contributed by atoms with Crippen LogP contribution in [0.15, 0.2) is 60.2 Å². The lowest BCUT2D eigenvalue weighted by Gasteiger charge is -2.20. The number of thioether (sulfide) groups is 1. The van der Waals surface area contributed by atoms with E-state index in [1.807, 2.05) is 37.3 Å². The van der Waals surface area contributed by atoms with Gasteiger partial charge in [-0.2, -0.15) is 0 Å². The smallest absolute Gasteiger partial charge is 0.130 e. The molecule has 1 aromatic heterocycles. The van der Waals surface area contributed by atoms with Crippen molar-refractivity contribution in [3.05, 3.63) is 71.3 Å². The Morgan fingerprint density at radius 3 is 2.33 bits per heavy atom. The molecule has 196 valence electrons. The Morgan fingerprint density at radius 1 is 1.08 bits per heavy atom. The maximum absolute atomic E-state index is 6.33. The van der Waals surface area contributed by atoms with E-state index in [2.05, 4.69) is 55.4 Å². The van der Waals surface area contributed by atoms with Crippen molar-refractivity contribution in [3.8, 4) is 11.5 Å². The summed E-state index contributed by atoms with van der Waals surface area (Å²) in [7, 11) is 3.27. The molecule has 0 bridgehead atoms. The number of methoxy groups -OCH3 is 2. The first-order valence-corrected chi connectivity index (χ1v) is 13.4. The molecule has 2 atom stereocenters. The topological polar surface area (TPSA) is 61.8 Å². The lowest BCUT2D eigenvalue weighted by molar-refractivity contribution is 0.0917. The molecule has 0 saturated heterocycles. The first-order chi connectivity index (χ1) is 17.3. The molecular formula is C29H40N2O4S. The summed E-state index contributed by atoms with van der Waals surface area (Å²) < 4.78 is 22.9.